The Morgan fingerprint density at radius 2 is 2.32 bits per heavy atom. The van der Waals surface area contributed by atoms with E-state index in [4.69, 9.17) is 9.52 Å². The van der Waals surface area contributed by atoms with Gasteiger partial charge >= 0.3 is 5.97 Å². The summed E-state index contributed by atoms with van der Waals surface area (Å²) in [5.74, 6) is -0.529. The van der Waals surface area contributed by atoms with E-state index in [0.29, 0.717) is 18.8 Å². The standard InChI is InChI=1S/C13H18N2O4/c1-13(12(18)14-2)4-5-15(8-13)7-10-9(11(16)17)3-6-19-10/h3,6H,4-5,7-8H2,1-2H3,(H,14,18)(H,16,17). The predicted molar refractivity (Wildman–Crippen MR) is 67.7 cm³/mol. The second-order valence-electron chi connectivity index (χ2n) is 5.16. The quantitative estimate of drug-likeness (QED) is 0.847. The Hall–Kier alpha value is -1.82. The van der Waals surface area contributed by atoms with Crippen molar-refractivity contribution in [1.29, 1.82) is 0 Å². The molecule has 2 heterocycles. The molecule has 1 amide bonds. The summed E-state index contributed by atoms with van der Waals surface area (Å²) in [5.41, 5.74) is -0.224. The normalized spacial score (nSPS) is 23.5. The van der Waals surface area contributed by atoms with Crippen LogP contribution < -0.4 is 5.32 Å². The molecule has 1 fully saturated rings. The predicted octanol–water partition coefficient (Wildman–Crippen LogP) is 0.936. The lowest BCUT2D eigenvalue weighted by Crippen LogP contribution is -2.39. The fourth-order valence-corrected chi connectivity index (χ4v) is 2.54. The van der Waals surface area contributed by atoms with E-state index in [2.05, 4.69) is 5.32 Å². The van der Waals surface area contributed by atoms with Gasteiger partial charge in [-0.2, -0.15) is 0 Å². The highest BCUT2D eigenvalue weighted by atomic mass is 16.4. The van der Waals surface area contributed by atoms with Gasteiger partial charge in [-0.25, -0.2) is 4.79 Å². The Balaban J connectivity index is 2.04. The van der Waals surface area contributed by atoms with Crippen LogP contribution in [0.25, 0.3) is 0 Å². The van der Waals surface area contributed by atoms with Crippen LogP contribution in [0.15, 0.2) is 16.7 Å². The summed E-state index contributed by atoms with van der Waals surface area (Å²) in [6.07, 6.45) is 2.14. The molecule has 1 atom stereocenters. The zero-order valence-corrected chi connectivity index (χ0v) is 11.1. The van der Waals surface area contributed by atoms with Crippen LogP contribution in [0, 0.1) is 5.41 Å². The van der Waals surface area contributed by atoms with Crippen LogP contribution >= 0.6 is 0 Å². The summed E-state index contributed by atoms with van der Waals surface area (Å²) in [4.78, 5) is 24.8. The van der Waals surface area contributed by atoms with Crippen molar-refractivity contribution in [2.45, 2.75) is 19.9 Å². The Bertz CT molecular complexity index is 497. The minimum absolute atomic E-state index is 0.0212. The Morgan fingerprint density at radius 3 is 2.95 bits per heavy atom. The van der Waals surface area contributed by atoms with Crippen molar-refractivity contribution in [1.82, 2.24) is 10.2 Å². The lowest BCUT2D eigenvalue weighted by atomic mass is 9.89. The molecule has 19 heavy (non-hydrogen) atoms. The van der Waals surface area contributed by atoms with Gasteiger partial charge in [0.15, 0.2) is 0 Å². The molecule has 104 valence electrons. The lowest BCUT2D eigenvalue weighted by molar-refractivity contribution is -0.129. The number of likely N-dealkylation sites (tertiary alicyclic amines) is 1. The number of carbonyl (C=O) groups is 2. The number of nitrogens with zero attached hydrogens (tertiary/aromatic N) is 1. The zero-order valence-electron chi connectivity index (χ0n) is 11.1. The lowest BCUT2D eigenvalue weighted by Gasteiger charge is -2.22. The minimum Gasteiger partial charge on any atom is -0.478 e. The molecule has 2 N–H and O–H groups in total. The molecule has 1 aromatic heterocycles. The maximum absolute atomic E-state index is 11.8. The van der Waals surface area contributed by atoms with Gasteiger partial charge in [0.25, 0.3) is 0 Å². The van der Waals surface area contributed by atoms with E-state index in [1.807, 2.05) is 11.8 Å². The number of hydrogen-bond acceptors (Lipinski definition) is 4. The molecule has 0 bridgehead atoms. The van der Waals surface area contributed by atoms with E-state index in [-0.39, 0.29) is 11.5 Å². The molecule has 1 aromatic rings. The number of furan rings is 1. The van der Waals surface area contributed by atoms with E-state index in [1.165, 1.54) is 12.3 Å². The van der Waals surface area contributed by atoms with Crippen LogP contribution in [0.2, 0.25) is 0 Å². The minimum atomic E-state index is -0.989. The third-order valence-electron chi connectivity index (χ3n) is 3.67. The van der Waals surface area contributed by atoms with Crippen molar-refractivity contribution in [3.05, 3.63) is 23.7 Å². The smallest absolute Gasteiger partial charge is 0.339 e. The van der Waals surface area contributed by atoms with Gasteiger partial charge in [0.2, 0.25) is 5.91 Å². The summed E-state index contributed by atoms with van der Waals surface area (Å²) in [6, 6.07) is 1.45. The first kappa shape index (κ1) is 13.6. The highest BCUT2D eigenvalue weighted by Gasteiger charge is 2.40. The van der Waals surface area contributed by atoms with Gasteiger partial charge in [-0.3, -0.25) is 9.69 Å². The molecule has 0 radical (unpaired) electrons. The van der Waals surface area contributed by atoms with Crippen molar-refractivity contribution >= 4 is 11.9 Å². The fraction of sp³-hybridized carbons (Fsp3) is 0.538. The number of carbonyl (C=O) groups excluding carboxylic acids is 1. The summed E-state index contributed by atoms with van der Waals surface area (Å²) >= 11 is 0. The molecular formula is C13H18N2O4. The van der Waals surface area contributed by atoms with Crippen LogP contribution in [-0.2, 0) is 11.3 Å². The molecule has 6 nitrogen and oxygen atoms in total. The first-order valence-corrected chi connectivity index (χ1v) is 6.20. The van der Waals surface area contributed by atoms with Crippen LogP contribution in [-0.4, -0.2) is 42.0 Å². The molecular weight excluding hydrogens is 248 g/mol. The Kier molecular flexibility index (Phi) is 3.61. The monoisotopic (exact) mass is 266 g/mol. The first-order chi connectivity index (χ1) is 8.96. The van der Waals surface area contributed by atoms with E-state index in [1.54, 1.807) is 7.05 Å². The van der Waals surface area contributed by atoms with E-state index in [0.717, 1.165) is 13.0 Å². The van der Waals surface area contributed by atoms with Crippen LogP contribution in [0.3, 0.4) is 0 Å². The SMILES string of the molecule is CNC(=O)C1(C)CCN(Cc2occc2C(=O)O)C1. The number of carboxylic acids is 1. The van der Waals surface area contributed by atoms with Crippen molar-refractivity contribution in [2.75, 3.05) is 20.1 Å². The van der Waals surface area contributed by atoms with Gasteiger partial charge in [0.05, 0.1) is 18.2 Å². The second kappa shape index (κ2) is 5.05. The molecule has 6 heteroatoms. The molecule has 2 rings (SSSR count). The number of aromatic carboxylic acids is 1. The first-order valence-electron chi connectivity index (χ1n) is 6.20. The fourth-order valence-electron chi connectivity index (χ4n) is 2.54. The van der Waals surface area contributed by atoms with Gasteiger partial charge in [0.1, 0.15) is 11.3 Å². The third-order valence-corrected chi connectivity index (χ3v) is 3.67. The van der Waals surface area contributed by atoms with Crippen LogP contribution in [0.1, 0.15) is 29.5 Å². The topological polar surface area (TPSA) is 82.8 Å². The average Bonchev–Trinajstić information content (AvgIpc) is 2.97. The van der Waals surface area contributed by atoms with Crippen molar-refractivity contribution in [3.63, 3.8) is 0 Å². The highest BCUT2D eigenvalue weighted by molar-refractivity contribution is 5.88. The molecule has 0 saturated carbocycles. The number of nitrogens with one attached hydrogen (secondary N) is 1. The van der Waals surface area contributed by atoms with Gasteiger partial charge in [-0.15, -0.1) is 0 Å². The third kappa shape index (κ3) is 2.63. The summed E-state index contributed by atoms with van der Waals surface area (Å²) < 4.78 is 5.22. The molecule has 1 aliphatic heterocycles. The number of amides is 1. The maximum atomic E-state index is 11.8. The van der Waals surface area contributed by atoms with Gasteiger partial charge in [-0.05, 0) is 26.0 Å². The molecule has 1 saturated heterocycles. The summed E-state index contributed by atoms with van der Waals surface area (Å²) in [5, 5.41) is 11.7. The molecule has 1 aliphatic rings. The van der Waals surface area contributed by atoms with Gasteiger partial charge in [-0.1, -0.05) is 0 Å². The molecule has 0 aliphatic carbocycles. The zero-order chi connectivity index (χ0) is 14.0. The van der Waals surface area contributed by atoms with E-state index in [9.17, 15) is 9.59 Å². The van der Waals surface area contributed by atoms with Crippen LogP contribution in [0.4, 0.5) is 0 Å². The molecule has 0 spiro atoms. The largest absolute Gasteiger partial charge is 0.478 e. The summed E-state index contributed by atoms with van der Waals surface area (Å²) in [7, 11) is 1.63. The van der Waals surface area contributed by atoms with Crippen molar-refractivity contribution in [2.24, 2.45) is 5.41 Å². The maximum Gasteiger partial charge on any atom is 0.339 e. The highest BCUT2D eigenvalue weighted by Crippen LogP contribution is 2.31. The van der Waals surface area contributed by atoms with E-state index >= 15 is 0 Å². The second-order valence-corrected chi connectivity index (χ2v) is 5.16. The number of carboxylic acid groups (broad SMARTS) is 1. The van der Waals surface area contributed by atoms with Gasteiger partial charge < -0.3 is 14.8 Å². The summed E-state index contributed by atoms with van der Waals surface area (Å²) in [6.45, 7) is 3.70. The van der Waals surface area contributed by atoms with Gasteiger partial charge in [0, 0.05) is 13.6 Å². The number of hydrogen-bond donors (Lipinski definition) is 2. The Labute approximate surface area is 111 Å². The molecule has 1 unspecified atom stereocenters. The van der Waals surface area contributed by atoms with Crippen LogP contribution in [0.5, 0.6) is 0 Å². The average molecular weight is 266 g/mol. The van der Waals surface area contributed by atoms with Crippen molar-refractivity contribution in [3.8, 4) is 0 Å². The Morgan fingerprint density at radius 1 is 1.58 bits per heavy atom. The number of rotatable bonds is 4. The van der Waals surface area contributed by atoms with E-state index < -0.39 is 11.4 Å². The van der Waals surface area contributed by atoms with Crippen molar-refractivity contribution < 1.29 is 19.1 Å². The molecule has 0 aromatic carbocycles.